The molecule has 1 fully saturated rings. The van der Waals surface area contributed by atoms with Gasteiger partial charge in [-0.1, -0.05) is 29.8 Å². The lowest BCUT2D eigenvalue weighted by Crippen LogP contribution is -2.32. The highest BCUT2D eigenvalue weighted by Gasteiger charge is 2.16. The molecule has 0 bridgehead atoms. The molecule has 9 heteroatoms. The standard InChI is InChI=1S/C20H23ClN6O2/c21-16-6-2-1-4-14(16)12-22-17-7-8-18-24-25-19(27(18)26-17)9-10-20(28)23-13-15-5-3-11-29-15/h1-2,4,6-8,15H,3,5,9-13H2,(H,22,26)(H,23,28). The fraction of sp³-hybridized carbons (Fsp3) is 0.400. The monoisotopic (exact) mass is 414 g/mol. The van der Waals surface area contributed by atoms with E-state index in [0.717, 1.165) is 25.0 Å². The highest BCUT2D eigenvalue weighted by molar-refractivity contribution is 6.31. The Hall–Kier alpha value is -2.71. The molecule has 0 spiro atoms. The van der Waals surface area contributed by atoms with Crippen LogP contribution in [0, 0.1) is 0 Å². The summed E-state index contributed by atoms with van der Waals surface area (Å²) in [6.45, 7) is 1.90. The predicted octanol–water partition coefficient (Wildman–Crippen LogP) is 2.62. The zero-order valence-corrected chi connectivity index (χ0v) is 16.7. The molecule has 1 unspecified atom stereocenters. The third kappa shape index (κ3) is 5.02. The molecule has 1 atom stereocenters. The van der Waals surface area contributed by atoms with Crippen molar-refractivity contribution in [2.24, 2.45) is 0 Å². The van der Waals surface area contributed by atoms with E-state index in [2.05, 4.69) is 25.9 Å². The molecule has 2 aromatic heterocycles. The molecule has 1 aliphatic rings. The molecule has 1 amide bonds. The van der Waals surface area contributed by atoms with Gasteiger partial charge in [0.2, 0.25) is 5.91 Å². The molecule has 0 saturated carbocycles. The summed E-state index contributed by atoms with van der Waals surface area (Å²) in [6.07, 6.45) is 2.99. The first-order chi connectivity index (χ1) is 14.2. The van der Waals surface area contributed by atoms with Gasteiger partial charge in [-0.2, -0.15) is 4.52 Å². The number of benzene rings is 1. The number of hydrogen-bond donors (Lipinski definition) is 2. The largest absolute Gasteiger partial charge is 0.376 e. The van der Waals surface area contributed by atoms with Crippen molar-refractivity contribution in [3.8, 4) is 0 Å². The van der Waals surface area contributed by atoms with Crippen molar-refractivity contribution in [1.82, 2.24) is 25.1 Å². The highest BCUT2D eigenvalue weighted by Crippen LogP contribution is 2.17. The average molecular weight is 415 g/mol. The minimum atomic E-state index is -0.0229. The predicted molar refractivity (Wildman–Crippen MR) is 110 cm³/mol. The Bertz CT molecular complexity index is 986. The van der Waals surface area contributed by atoms with Crippen LogP contribution >= 0.6 is 11.6 Å². The van der Waals surface area contributed by atoms with Crippen LogP contribution in [0.1, 0.15) is 30.7 Å². The Morgan fingerprint density at radius 1 is 1.24 bits per heavy atom. The number of carbonyl (C=O) groups is 1. The molecule has 2 N–H and O–H groups in total. The minimum absolute atomic E-state index is 0.0229. The maximum Gasteiger partial charge on any atom is 0.220 e. The van der Waals surface area contributed by atoms with Crippen LogP contribution in [0.4, 0.5) is 5.82 Å². The summed E-state index contributed by atoms with van der Waals surface area (Å²) in [5.74, 6) is 1.31. The van der Waals surface area contributed by atoms with E-state index >= 15 is 0 Å². The van der Waals surface area contributed by atoms with E-state index in [1.54, 1.807) is 4.52 Å². The summed E-state index contributed by atoms with van der Waals surface area (Å²) in [6, 6.07) is 11.4. The molecule has 152 valence electrons. The van der Waals surface area contributed by atoms with Crippen LogP contribution in [-0.2, 0) is 22.5 Å². The molecular weight excluding hydrogens is 392 g/mol. The van der Waals surface area contributed by atoms with E-state index in [1.165, 1.54) is 0 Å². The molecule has 3 aromatic rings. The van der Waals surface area contributed by atoms with E-state index in [4.69, 9.17) is 16.3 Å². The third-order valence-corrected chi connectivity index (χ3v) is 5.24. The molecule has 0 radical (unpaired) electrons. The summed E-state index contributed by atoms with van der Waals surface area (Å²) in [5, 5.41) is 19.8. The quantitative estimate of drug-likeness (QED) is 0.588. The van der Waals surface area contributed by atoms with Crippen LogP contribution in [0.2, 0.25) is 5.02 Å². The normalized spacial score (nSPS) is 16.2. The van der Waals surface area contributed by atoms with Gasteiger partial charge in [-0.3, -0.25) is 4.79 Å². The first kappa shape index (κ1) is 19.6. The van der Waals surface area contributed by atoms with Crippen LogP contribution in [-0.4, -0.2) is 45.0 Å². The van der Waals surface area contributed by atoms with Gasteiger partial charge < -0.3 is 15.4 Å². The number of carbonyl (C=O) groups excluding carboxylic acids is 1. The van der Waals surface area contributed by atoms with E-state index in [-0.39, 0.29) is 12.0 Å². The number of fused-ring (bicyclic) bond motifs is 1. The Balaban J connectivity index is 1.35. The van der Waals surface area contributed by atoms with Crippen molar-refractivity contribution < 1.29 is 9.53 Å². The summed E-state index contributed by atoms with van der Waals surface area (Å²) >= 11 is 6.20. The van der Waals surface area contributed by atoms with Gasteiger partial charge in [0.25, 0.3) is 0 Å². The number of halogens is 1. The van der Waals surface area contributed by atoms with Crippen LogP contribution in [0.5, 0.6) is 0 Å². The number of nitrogens with one attached hydrogen (secondary N) is 2. The Labute approximate surface area is 173 Å². The molecule has 4 rings (SSSR count). The lowest BCUT2D eigenvalue weighted by molar-refractivity contribution is -0.121. The molecule has 0 aliphatic carbocycles. The van der Waals surface area contributed by atoms with E-state index < -0.39 is 0 Å². The van der Waals surface area contributed by atoms with Crippen molar-refractivity contribution in [2.45, 2.75) is 38.3 Å². The number of hydrogen-bond acceptors (Lipinski definition) is 6. The fourth-order valence-corrected chi connectivity index (χ4v) is 3.46. The highest BCUT2D eigenvalue weighted by atomic mass is 35.5. The average Bonchev–Trinajstić information content (AvgIpc) is 3.40. The number of ether oxygens (including phenoxy) is 1. The van der Waals surface area contributed by atoms with Gasteiger partial charge in [0, 0.05) is 37.6 Å². The Kier molecular flexibility index (Phi) is 6.21. The molecule has 29 heavy (non-hydrogen) atoms. The number of anilines is 1. The molecule has 1 aromatic carbocycles. The second kappa shape index (κ2) is 9.19. The Morgan fingerprint density at radius 2 is 2.14 bits per heavy atom. The lowest BCUT2D eigenvalue weighted by Gasteiger charge is -2.10. The van der Waals surface area contributed by atoms with Gasteiger partial charge >= 0.3 is 0 Å². The van der Waals surface area contributed by atoms with Gasteiger partial charge in [0.15, 0.2) is 11.5 Å². The minimum Gasteiger partial charge on any atom is -0.376 e. The van der Waals surface area contributed by atoms with E-state index in [1.807, 2.05) is 36.4 Å². The zero-order valence-electron chi connectivity index (χ0n) is 16.0. The molecule has 1 saturated heterocycles. The maximum atomic E-state index is 12.1. The number of aryl methyl sites for hydroxylation is 1. The summed E-state index contributed by atoms with van der Waals surface area (Å²) in [5.41, 5.74) is 1.63. The van der Waals surface area contributed by atoms with Gasteiger partial charge in [-0.15, -0.1) is 15.3 Å². The van der Waals surface area contributed by atoms with Crippen molar-refractivity contribution in [2.75, 3.05) is 18.5 Å². The number of rotatable bonds is 8. The van der Waals surface area contributed by atoms with Gasteiger partial charge in [-0.25, -0.2) is 0 Å². The lowest BCUT2D eigenvalue weighted by atomic mass is 10.2. The fourth-order valence-electron chi connectivity index (χ4n) is 3.26. The first-order valence-corrected chi connectivity index (χ1v) is 10.1. The summed E-state index contributed by atoms with van der Waals surface area (Å²) in [4.78, 5) is 12.1. The van der Waals surface area contributed by atoms with Crippen molar-refractivity contribution >= 4 is 29.0 Å². The van der Waals surface area contributed by atoms with Crippen molar-refractivity contribution in [1.29, 1.82) is 0 Å². The van der Waals surface area contributed by atoms with Crippen LogP contribution < -0.4 is 10.6 Å². The van der Waals surface area contributed by atoms with E-state index in [0.29, 0.717) is 48.2 Å². The second-order valence-electron chi connectivity index (χ2n) is 6.99. The van der Waals surface area contributed by atoms with E-state index in [9.17, 15) is 4.79 Å². The topological polar surface area (TPSA) is 93.4 Å². The first-order valence-electron chi connectivity index (χ1n) is 9.76. The van der Waals surface area contributed by atoms with Gasteiger partial charge in [0.1, 0.15) is 5.82 Å². The smallest absolute Gasteiger partial charge is 0.220 e. The van der Waals surface area contributed by atoms with Crippen LogP contribution in [0.3, 0.4) is 0 Å². The number of aromatic nitrogens is 4. The van der Waals surface area contributed by atoms with Crippen LogP contribution in [0.25, 0.3) is 5.65 Å². The van der Waals surface area contributed by atoms with Crippen LogP contribution in [0.15, 0.2) is 36.4 Å². The van der Waals surface area contributed by atoms with Gasteiger partial charge in [-0.05, 0) is 36.6 Å². The maximum absolute atomic E-state index is 12.1. The molecule has 8 nitrogen and oxygen atoms in total. The number of nitrogens with zero attached hydrogens (tertiary/aromatic N) is 4. The molecular formula is C20H23ClN6O2. The third-order valence-electron chi connectivity index (χ3n) is 4.87. The number of amides is 1. The summed E-state index contributed by atoms with van der Waals surface area (Å²) in [7, 11) is 0. The second-order valence-corrected chi connectivity index (χ2v) is 7.40. The Morgan fingerprint density at radius 3 is 2.97 bits per heavy atom. The molecule has 1 aliphatic heterocycles. The molecule has 3 heterocycles. The summed E-state index contributed by atoms with van der Waals surface area (Å²) < 4.78 is 7.19. The van der Waals surface area contributed by atoms with Crippen molar-refractivity contribution in [3.05, 3.63) is 52.8 Å². The zero-order chi connectivity index (χ0) is 20.1. The SMILES string of the molecule is O=C(CCc1nnc2ccc(NCc3ccccc3Cl)nn12)NCC1CCCO1. The van der Waals surface area contributed by atoms with Gasteiger partial charge in [0.05, 0.1) is 6.10 Å². The van der Waals surface area contributed by atoms with Crippen molar-refractivity contribution in [3.63, 3.8) is 0 Å².